The zero-order valence-corrected chi connectivity index (χ0v) is 12.2. The molecule has 3 rings (SSSR count). The molecule has 4 heteroatoms. The van der Waals surface area contributed by atoms with Gasteiger partial charge in [0.2, 0.25) is 0 Å². The molecule has 0 radical (unpaired) electrons. The number of hydrogen-bond acceptors (Lipinski definition) is 3. The SMILES string of the molecule is NCC(c1cccc(F)c1)N(Cc1ccsc1)C1CC1. The number of nitrogens with zero attached hydrogens (tertiary/aromatic N) is 1. The highest BCUT2D eigenvalue weighted by Gasteiger charge is 2.34. The molecule has 0 amide bonds. The molecule has 1 atom stereocenters. The lowest BCUT2D eigenvalue weighted by molar-refractivity contribution is 0.182. The van der Waals surface area contributed by atoms with Crippen molar-refractivity contribution >= 4 is 11.3 Å². The van der Waals surface area contributed by atoms with Crippen molar-refractivity contribution < 1.29 is 4.39 Å². The maximum Gasteiger partial charge on any atom is 0.123 e. The maximum atomic E-state index is 13.5. The Balaban J connectivity index is 1.84. The third-order valence-corrected chi connectivity index (χ3v) is 4.55. The first-order chi connectivity index (χ1) is 9.78. The number of halogens is 1. The first-order valence-electron chi connectivity index (χ1n) is 7.00. The molecule has 1 heterocycles. The zero-order chi connectivity index (χ0) is 13.9. The average Bonchev–Trinajstić information content (AvgIpc) is 3.16. The molecule has 1 fully saturated rings. The molecule has 1 saturated carbocycles. The highest BCUT2D eigenvalue weighted by atomic mass is 32.1. The van der Waals surface area contributed by atoms with Gasteiger partial charge in [-0.25, -0.2) is 4.39 Å². The van der Waals surface area contributed by atoms with Gasteiger partial charge in [0.05, 0.1) is 0 Å². The van der Waals surface area contributed by atoms with Gasteiger partial charge in [-0.05, 0) is 52.9 Å². The Morgan fingerprint density at radius 2 is 2.20 bits per heavy atom. The van der Waals surface area contributed by atoms with E-state index < -0.39 is 0 Å². The fourth-order valence-electron chi connectivity index (χ4n) is 2.67. The van der Waals surface area contributed by atoms with Crippen molar-refractivity contribution in [3.63, 3.8) is 0 Å². The molecule has 2 nitrogen and oxygen atoms in total. The summed E-state index contributed by atoms with van der Waals surface area (Å²) < 4.78 is 13.5. The Bertz CT molecular complexity index is 551. The van der Waals surface area contributed by atoms with Crippen LogP contribution in [-0.2, 0) is 6.54 Å². The van der Waals surface area contributed by atoms with Gasteiger partial charge in [-0.2, -0.15) is 11.3 Å². The first-order valence-corrected chi connectivity index (χ1v) is 7.94. The van der Waals surface area contributed by atoms with Crippen molar-refractivity contribution in [3.05, 3.63) is 58.0 Å². The second-order valence-electron chi connectivity index (χ2n) is 5.34. The molecule has 1 aliphatic rings. The molecule has 2 aromatic rings. The standard InChI is InChI=1S/C16H19FN2S/c17-14-3-1-2-13(8-14)16(9-18)19(15-4-5-15)10-12-6-7-20-11-12/h1-3,6-8,11,15-16H,4-5,9-10,18H2. The minimum atomic E-state index is -0.188. The molecule has 0 spiro atoms. The van der Waals surface area contributed by atoms with Gasteiger partial charge in [0.1, 0.15) is 5.82 Å². The highest BCUT2D eigenvalue weighted by Crippen LogP contribution is 2.35. The lowest BCUT2D eigenvalue weighted by atomic mass is 10.0. The lowest BCUT2D eigenvalue weighted by Crippen LogP contribution is -2.35. The van der Waals surface area contributed by atoms with Crippen LogP contribution < -0.4 is 5.73 Å². The Hall–Kier alpha value is -1.23. The number of benzene rings is 1. The van der Waals surface area contributed by atoms with Crippen LogP contribution in [0.25, 0.3) is 0 Å². The molecule has 1 aliphatic carbocycles. The zero-order valence-electron chi connectivity index (χ0n) is 11.3. The van der Waals surface area contributed by atoms with Gasteiger partial charge < -0.3 is 5.73 Å². The van der Waals surface area contributed by atoms with Gasteiger partial charge in [0.25, 0.3) is 0 Å². The first kappa shape index (κ1) is 13.7. The second kappa shape index (κ2) is 6.04. The average molecular weight is 290 g/mol. The van der Waals surface area contributed by atoms with E-state index in [-0.39, 0.29) is 11.9 Å². The molecular formula is C16H19FN2S. The lowest BCUT2D eigenvalue weighted by Gasteiger charge is -2.31. The van der Waals surface area contributed by atoms with Crippen molar-refractivity contribution in [1.82, 2.24) is 4.90 Å². The van der Waals surface area contributed by atoms with E-state index in [1.807, 2.05) is 6.07 Å². The second-order valence-corrected chi connectivity index (χ2v) is 6.12. The van der Waals surface area contributed by atoms with E-state index >= 15 is 0 Å². The number of nitrogens with two attached hydrogens (primary N) is 1. The van der Waals surface area contributed by atoms with Gasteiger partial charge in [-0.15, -0.1) is 0 Å². The van der Waals surface area contributed by atoms with E-state index in [0.717, 1.165) is 12.1 Å². The summed E-state index contributed by atoms with van der Waals surface area (Å²) in [4.78, 5) is 2.43. The summed E-state index contributed by atoms with van der Waals surface area (Å²) in [6.45, 7) is 1.41. The summed E-state index contributed by atoms with van der Waals surface area (Å²) >= 11 is 1.71. The molecule has 106 valence electrons. The van der Waals surface area contributed by atoms with E-state index in [2.05, 4.69) is 21.7 Å². The molecule has 1 unspecified atom stereocenters. The fourth-order valence-corrected chi connectivity index (χ4v) is 3.33. The molecule has 2 N–H and O–H groups in total. The molecule has 0 aliphatic heterocycles. The van der Waals surface area contributed by atoms with Crippen LogP contribution in [0.15, 0.2) is 41.1 Å². The van der Waals surface area contributed by atoms with E-state index in [1.54, 1.807) is 23.5 Å². The molecular weight excluding hydrogens is 271 g/mol. The number of rotatable bonds is 6. The van der Waals surface area contributed by atoms with Crippen LogP contribution in [0, 0.1) is 5.82 Å². The summed E-state index contributed by atoms with van der Waals surface area (Å²) in [5.74, 6) is -0.188. The molecule has 0 bridgehead atoms. The van der Waals surface area contributed by atoms with Crippen LogP contribution in [0.3, 0.4) is 0 Å². The molecule has 0 saturated heterocycles. The monoisotopic (exact) mass is 290 g/mol. The normalized spacial score (nSPS) is 16.6. The van der Waals surface area contributed by atoms with Crippen LogP contribution >= 0.6 is 11.3 Å². The number of hydrogen-bond donors (Lipinski definition) is 1. The smallest absolute Gasteiger partial charge is 0.123 e. The Morgan fingerprint density at radius 1 is 1.35 bits per heavy atom. The largest absolute Gasteiger partial charge is 0.329 e. The minimum Gasteiger partial charge on any atom is -0.329 e. The summed E-state index contributed by atoms with van der Waals surface area (Å²) in [5, 5.41) is 4.27. The third kappa shape index (κ3) is 3.08. The van der Waals surface area contributed by atoms with Gasteiger partial charge in [-0.1, -0.05) is 12.1 Å². The van der Waals surface area contributed by atoms with Crippen LogP contribution in [0.1, 0.15) is 30.0 Å². The van der Waals surface area contributed by atoms with Crippen molar-refractivity contribution in [2.45, 2.75) is 31.5 Å². The summed E-state index contributed by atoms with van der Waals surface area (Å²) in [7, 11) is 0. The van der Waals surface area contributed by atoms with E-state index in [4.69, 9.17) is 5.73 Å². The summed E-state index contributed by atoms with van der Waals surface area (Å²) in [6, 6.07) is 9.67. The molecule has 1 aromatic heterocycles. The van der Waals surface area contributed by atoms with Crippen LogP contribution in [0.4, 0.5) is 4.39 Å². The topological polar surface area (TPSA) is 29.3 Å². The summed E-state index contributed by atoms with van der Waals surface area (Å²) in [5.41, 5.74) is 8.29. The summed E-state index contributed by atoms with van der Waals surface area (Å²) in [6.07, 6.45) is 2.44. The van der Waals surface area contributed by atoms with Crippen molar-refractivity contribution in [2.75, 3.05) is 6.54 Å². The van der Waals surface area contributed by atoms with Gasteiger partial charge in [0.15, 0.2) is 0 Å². The predicted molar refractivity (Wildman–Crippen MR) is 81.1 cm³/mol. The Kier molecular flexibility index (Phi) is 4.15. The van der Waals surface area contributed by atoms with E-state index in [0.29, 0.717) is 12.6 Å². The predicted octanol–water partition coefficient (Wildman–Crippen LogP) is 3.55. The van der Waals surface area contributed by atoms with Gasteiger partial charge >= 0.3 is 0 Å². The molecule has 1 aromatic carbocycles. The van der Waals surface area contributed by atoms with Gasteiger partial charge in [0, 0.05) is 25.2 Å². The quantitative estimate of drug-likeness (QED) is 0.881. The van der Waals surface area contributed by atoms with Crippen LogP contribution in [0.2, 0.25) is 0 Å². The Labute approximate surface area is 123 Å². The minimum absolute atomic E-state index is 0.0955. The van der Waals surface area contributed by atoms with Crippen molar-refractivity contribution in [2.24, 2.45) is 5.73 Å². The molecule has 20 heavy (non-hydrogen) atoms. The fraction of sp³-hybridized carbons (Fsp3) is 0.375. The maximum absolute atomic E-state index is 13.5. The van der Waals surface area contributed by atoms with E-state index in [9.17, 15) is 4.39 Å². The number of thiophene rings is 1. The van der Waals surface area contributed by atoms with Crippen molar-refractivity contribution in [1.29, 1.82) is 0 Å². The highest BCUT2D eigenvalue weighted by molar-refractivity contribution is 7.07. The van der Waals surface area contributed by atoms with E-state index in [1.165, 1.54) is 24.5 Å². The third-order valence-electron chi connectivity index (χ3n) is 3.82. The van der Waals surface area contributed by atoms with Crippen molar-refractivity contribution in [3.8, 4) is 0 Å². The Morgan fingerprint density at radius 3 is 2.80 bits per heavy atom. The van der Waals surface area contributed by atoms with Crippen LogP contribution in [-0.4, -0.2) is 17.5 Å². The van der Waals surface area contributed by atoms with Gasteiger partial charge in [-0.3, -0.25) is 4.90 Å². The van der Waals surface area contributed by atoms with Crippen LogP contribution in [0.5, 0.6) is 0 Å².